The molecule has 5 heteroatoms. The molecule has 2 nitrogen and oxygen atoms in total. The highest BCUT2D eigenvalue weighted by atomic mass is 19.4. The van der Waals surface area contributed by atoms with Gasteiger partial charge in [0.15, 0.2) is 6.29 Å². The summed E-state index contributed by atoms with van der Waals surface area (Å²) in [5, 5.41) is 0. The van der Waals surface area contributed by atoms with Crippen LogP contribution in [0.5, 0.6) is 0 Å². The fourth-order valence-electron chi connectivity index (χ4n) is 6.64. The van der Waals surface area contributed by atoms with Gasteiger partial charge in [0.2, 0.25) is 0 Å². The fraction of sp³-hybridized carbons (Fsp3) is 1.00. The Hall–Kier alpha value is -0.290. The molecule has 2 saturated carbocycles. The van der Waals surface area contributed by atoms with Crippen LogP contribution in [0, 0.1) is 29.6 Å². The van der Waals surface area contributed by atoms with Gasteiger partial charge in [-0.05, 0) is 69.1 Å². The Balaban J connectivity index is 1.24. The van der Waals surface area contributed by atoms with E-state index in [1.807, 2.05) is 0 Å². The van der Waals surface area contributed by atoms with Gasteiger partial charge in [0.05, 0.1) is 13.2 Å². The molecule has 33 heavy (non-hydrogen) atoms. The predicted octanol–water partition coefficient (Wildman–Crippen LogP) is 9.07. The maximum Gasteiger partial charge on any atom is 0.389 e. The molecule has 0 atom stereocenters. The van der Waals surface area contributed by atoms with Gasteiger partial charge < -0.3 is 9.47 Å². The number of hydrogen-bond acceptors (Lipinski definition) is 2. The van der Waals surface area contributed by atoms with Crippen molar-refractivity contribution in [3.63, 3.8) is 0 Å². The summed E-state index contributed by atoms with van der Waals surface area (Å²) in [6.07, 6.45) is 16.5. The Labute approximate surface area is 200 Å². The van der Waals surface area contributed by atoms with Crippen LogP contribution in [0.15, 0.2) is 0 Å². The van der Waals surface area contributed by atoms with E-state index >= 15 is 0 Å². The number of rotatable bonds is 12. The third-order valence-corrected chi connectivity index (χ3v) is 8.79. The first-order valence-electron chi connectivity index (χ1n) is 14.2. The van der Waals surface area contributed by atoms with Crippen LogP contribution in [-0.4, -0.2) is 25.7 Å². The average molecular weight is 475 g/mol. The summed E-state index contributed by atoms with van der Waals surface area (Å²) in [6, 6.07) is 0. The molecule has 3 fully saturated rings. The van der Waals surface area contributed by atoms with Crippen LogP contribution in [0.4, 0.5) is 13.2 Å². The smallest absolute Gasteiger partial charge is 0.352 e. The van der Waals surface area contributed by atoms with E-state index in [-0.39, 0.29) is 18.6 Å². The minimum absolute atomic E-state index is 0.117. The summed E-state index contributed by atoms with van der Waals surface area (Å²) < 4.78 is 48.9. The summed E-state index contributed by atoms with van der Waals surface area (Å²) in [7, 11) is 0. The molecule has 1 aliphatic heterocycles. The molecule has 0 N–H and O–H groups in total. The zero-order valence-electron chi connectivity index (χ0n) is 21.1. The Bertz CT molecular complexity index is 500. The number of hydrogen-bond donors (Lipinski definition) is 0. The van der Waals surface area contributed by atoms with Crippen molar-refractivity contribution in [1.82, 2.24) is 0 Å². The molecule has 0 spiro atoms. The van der Waals surface area contributed by atoms with Crippen molar-refractivity contribution < 1.29 is 22.6 Å². The van der Waals surface area contributed by atoms with E-state index < -0.39 is 12.6 Å². The van der Waals surface area contributed by atoms with Crippen molar-refractivity contribution in [2.45, 2.75) is 135 Å². The van der Waals surface area contributed by atoms with E-state index in [9.17, 15) is 13.2 Å². The lowest BCUT2D eigenvalue weighted by Gasteiger charge is -2.41. The van der Waals surface area contributed by atoms with Gasteiger partial charge in [-0.15, -0.1) is 0 Å². The molecular formula is C28H49F3O2. The number of ether oxygens (including phenoxy) is 2. The van der Waals surface area contributed by atoms with Gasteiger partial charge in [0, 0.05) is 18.3 Å². The van der Waals surface area contributed by atoms with E-state index in [0.29, 0.717) is 25.6 Å². The highest BCUT2D eigenvalue weighted by Gasteiger charge is 2.36. The van der Waals surface area contributed by atoms with Gasteiger partial charge in [0.25, 0.3) is 0 Å². The molecule has 0 aromatic heterocycles. The van der Waals surface area contributed by atoms with Crippen LogP contribution >= 0.6 is 0 Å². The molecule has 0 amide bonds. The lowest BCUT2D eigenvalue weighted by atomic mass is 9.68. The maximum atomic E-state index is 12.3. The summed E-state index contributed by atoms with van der Waals surface area (Å²) >= 11 is 0. The van der Waals surface area contributed by atoms with Crippen molar-refractivity contribution in [3.05, 3.63) is 0 Å². The molecule has 3 aliphatic rings. The van der Waals surface area contributed by atoms with E-state index in [1.165, 1.54) is 96.3 Å². The molecule has 0 aromatic carbocycles. The van der Waals surface area contributed by atoms with Crippen LogP contribution < -0.4 is 0 Å². The number of alkyl halides is 3. The Morgan fingerprint density at radius 3 is 1.73 bits per heavy atom. The second kappa shape index (κ2) is 14.3. The first kappa shape index (κ1) is 27.3. The van der Waals surface area contributed by atoms with Crippen molar-refractivity contribution in [3.8, 4) is 0 Å². The zero-order valence-corrected chi connectivity index (χ0v) is 21.1. The van der Waals surface area contributed by atoms with Gasteiger partial charge in [-0.25, -0.2) is 0 Å². The number of unbranched alkanes of at least 4 members (excludes halogenated alkanes) is 5. The van der Waals surface area contributed by atoms with Crippen molar-refractivity contribution in [2.75, 3.05) is 13.2 Å². The molecule has 0 aromatic rings. The van der Waals surface area contributed by atoms with Crippen LogP contribution in [-0.2, 0) is 9.47 Å². The third-order valence-electron chi connectivity index (χ3n) is 8.79. The first-order chi connectivity index (χ1) is 15.9. The molecule has 3 rings (SSSR count). The van der Waals surface area contributed by atoms with Gasteiger partial charge >= 0.3 is 6.18 Å². The lowest BCUT2D eigenvalue weighted by Crippen LogP contribution is -2.39. The maximum absolute atomic E-state index is 12.3. The highest BCUT2D eigenvalue weighted by Crippen LogP contribution is 2.43. The summed E-state index contributed by atoms with van der Waals surface area (Å²) in [6.45, 7) is 3.41. The molecule has 1 heterocycles. The first-order valence-corrected chi connectivity index (χ1v) is 14.2. The summed E-state index contributed by atoms with van der Waals surface area (Å²) in [5.41, 5.74) is 0. The molecule has 1 saturated heterocycles. The summed E-state index contributed by atoms with van der Waals surface area (Å²) in [5.74, 6) is 3.39. The minimum atomic E-state index is -4.05. The molecule has 0 unspecified atom stereocenters. The van der Waals surface area contributed by atoms with E-state index in [0.717, 1.165) is 17.8 Å². The summed E-state index contributed by atoms with van der Waals surface area (Å²) in [4.78, 5) is 0. The van der Waals surface area contributed by atoms with Crippen molar-refractivity contribution in [1.29, 1.82) is 0 Å². The van der Waals surface area contributed by atoms with Gasteiger partial charge in [0.1, 0.15) is 0 Å². The van der Waals surface area contributed by atoms with Crippen LogP contribution in [0.3, 0.4) is 0 Å². The Morgan fingerprint density at radius 1 is 0.606 bits per heavy atom. The van der Waals surface area contributed by atoms with Crippen LogP contribution in [0.1, 0.15) is 122 Å². The molecule has 0 radical (unpaired) electrons. The molecule has 0 bridgehead atoms. The number of halogens is 3. The van der Waals surface area contributed by atoms with E-state index in [1.54, 1.807) is 0 Å². The Kier molecular flexibility index (Phi) is 11.8. The standard InChI is InChI=1S/C28H49F3O2/c1-2-3-4-5-6-7-9-22-11-13-24(14-12-22)25-15-17-26(18-16-25)27-32-20-23(21-33-27)10-8-19-28(29,30)31/h22-27H,2-21H2,1H3/t22-,23-,24-,25-,26-,27-. The third kappa shape index (κ3) is 10.1. The minimum Gasteiger partial charge on any atom is -0.352 e. The Morgan fingerprint density at radius 2 is 1.12 bits per heavy atom. The van der Waals surface area contributed by atoms with E-state index in [4.69, 9.17) is 9.47 Å². The monoisotopic (exact) mass is 474 g/mol. The SMILES string of the molecule is CCCCCCCC[C@H]1CC[C@H]([C@H]2CC[C@H]([C@H]3OC[C@H](CCCC(F)(F)F)CO3)CC2)CC1. The van der Waals surface area contributed by atoms with Crippen molar-refractivity contribution in [2.24, 2.45) is 29.6 Å². The zero-order chi connectivity index (χ0) is 23.5. The van der Waals surface area contributed by atoms with Crippen LogP contribution in [0.2, 0.25) is 0 Å². The van der Waals surface area contributed by atoms with Gasteiger partial charge in [-0.2, -0.15) is 13.2 Å². The van der Waals surface area contributed by atoms with Gasteiger partial charge in [-0.1, -0.05) is 64.7 Å². The van der Waals surface area contributed by atoms with Gasteiger partial charge in [-0.3, -0.25) is 0 Å². The molecular weight excluding hydrogens is 425 g/mol. The van der Waals surface area contributed by atoms with Crippen molar-refractivity contribution >= 4 is 0 Å². The average Bonchev–Trinajstić information content (AvgIpc) is 2.82. The highest BCUT2D eigenvalue weighted by molar-refractivity contribution is 4.83. The van der Waals surface area contributed by atoms with E-state index in [2.05, 4.69) is 6.92 Å². The molecule has 2 aliphatic carbocycles. The lowest BCUT2D eigenvalue weighted by molar-refractivity contribution is -0.231. The largest absolute Gasteiger partial charge is 0.389 e. The predicted molar refractivity (Wildman–Crippen MR) is 128 cm³/mol. The van der Waals surface area contributed by atoms with Crippen LogP contribution in [0.25, 0.3) is 0 Å². The normalized spacial score (nSPS) is 33.8. The fourth-order valence-corrected chi connectivity index (χ4v) is 6.64. The topological polar surface area (TPSA) is 18.5 Å². The second-order valence-corrected chi connectivity index (χ2v) is 11.4. The quantitative estimate of drug-likeness (QED) is 0.263. The second-order valence-electron chi connectivity index (χ2n) is 11.4. The molecule has 194 valence electrons.